The van der Waals surface area contributed by atoms with Gasteiger partial charge in [0.05, 0.1) is 5.69 Å². The quantitative estimate of drug-likeness (QED) is 0.663. The Bertz CT molecular complexity index is 309. The predicted molar refractivity (Wildman–Crippen MR) is 53.0 cm³/mol. The fourth-order valence-electron chi connectivity index (χ4n) is 0.973. The van der Waals surface area contributed by atoms with Gasteiger partial charge in [-0.15, -0.1) is 11.8 Å². The number of aliphatic imine (C=N–C) groups is 1. The Morgan fingerprint density at radius 1 is 1.45 bits per heavy atom. The summed E-state index contributed by atoms with van der Waals surface area (Å²) in [5.41, 5.74) is 1.09. The number of hydrogen-bond acceptors (Lipinski definition) is 2. The molecule has 0 amide bonds. The second-order valence-electron chi connectivity index (χ2n) is 2.23. The van der Waals surface area contributed by atoms with E-state index in [9.17, 15) is 0 Å². The van der Waals surface area contributed by atoms with Crippen LogP contribution in [0.2, 0.25) is 0 Å². The normalized spacial score (nSPS) is 14.6. The Balaban J connectivity index is 2.53. The Hall–Kier alpha value is -0.280. The van der Waals surface area contributed by atoms with Gasteiger partial charge in [0.2, 0.25) is 0 Å². The number of rotatable bonds is 0. The van der Waals surface area contributed by atoms with E-state index in [1.807, 2.05) is 30.1 Å². The molecule has 1 aromatic rings. The SMILES string of the molecule is Brc1ccc2c(c1)SCC=N2. The summed E-state index contributed by atoms with van der Waals surface area (Å²) in [6, 6.07) is 6.15. The maximum atomic E-state index is 4.27. The molecule has 0 fully saturated rings. The van der Waals surface area contributed by atoms with Crippen molar-refractivity contribution in [2.75, 3.05) is 5.75 Å². The van der Waals surface area contributed by atoms with Crippen LogP contribution in [0.1, 0.15) is 0 Å². The summed E-state index contributed by atoms with van der Waals surface area (Å²) >= 11 is 5.25. The molecule has 1 heterocycles. The molecule has 56 valence electrons. The molecular formula is C8H6BrNS. The average molecular weight is 228 g/mol. The molecular weight excluding hydrogens is 222 g/mol. The molecule has 0 aromatic heterocycles. The zero-order chi connectivity index (χ0) is 7.68. The van der Waals surface area contributed by atoms with Gasteiger partial charge >= 0.3 is 0 Å². The van der Waals surface area contributed by atoms with Gasteiger partial charge in [-0.1, -0.05) is 15.9 Å². The van der Waals surface area contributed by atoms with Gasteiger partial charge in [-0.05, 0) is 18.2 Å². The molecule has 0 N–H and O–H groups in total. The lowest BCUT2D eigenvalue weighted by atomic mass is 10.3. The maximum Gasteiger partial charge on any atom is 0.0762 e. The summed E-state index contributed by atoms with van der Waals surface area (Å²) in [5.74, 6) is 0.990. The first-order chi connectivity index (χ1) is 5.36. The van der Waals surface area contributed by atoms with Crippen molar-refractivity contribution in [2.24, 2.45) is 4.99 Å². The minimum Gasteiger partial charge on any atom is -0.259 e. The fourth-order valence-corrected chi connectivity index (χ4v) is 2.29. The van der Waals surface area contributed by atoms with E-state index >= 15 is 0 Å². The maximum absolute atomic E-state index is 4.27. The Morgan fingerprint density at radius 2 is 2.36 bits per heavy atom. The van der Waals surface area contributed by atoms with Crippen LogP contribution in [-0.4, -0.2) is 12.0 Å². The summed E-state index contributed by atoms with van der Waals surface area (Å²) in [6.07, 6.45) is 1.95. The van der Waals surface area contributed by atoms with Crippen LogP contribution >= 0.6 is 27.7 Å². The monoisotopic (exact) mass is 227 g/mol. The van der Waals surface area contributed by atoms with Crippen LogP contribution < -0.4 is 0 Å². The minimum absolute atomic E-state index is 0.990. The van der Waals surface area contributed by atoms with Crippen LogP contribution in [0.3, 0.4) is 0 Å². The molecule has 0 saturated heterocycles. The third-order valence-electron chi connectivity index (χ3n) is 1.47. The van der Waals surface area contributed by atoms with Crippen molar-refractivity contribution in [3.8, 4) is 0 Å². The van der Waals surface area contributed by atoms with E-state index < -0.39 is 0 Å². The van der Waals surface area contributed by atoms with Gasteiger partial charge < -0.3 is 0 Å². The lowest BCUT2D eigenvalue weighted by Gasteiger charge is -2.07. The highest BCUT2D eigenvalue weighted by Crippen LogP contribution is 2.34. The Labute approximate surface area is 78.0 Å². The third kappa shape index (κ3) is 1.49. The van der Waals surface area contributed by atoms with E-state index in [4.69, 9.17) is 0 Å². The molecule has 3 heteroatoms. The summed E-state index contributed by atoms with van der Waals surface area (Å²) in [6.45, 7) is 0. The van der Waals surface area contributed by atoms with E-state index in [0.717, 1.165) is 15.9 Å². The van der Waals surface area contributed by atoms with Crippen molar-refractivity contribution in [1.29, 1.82) is 0 Å². The first kappa shape index (κ1) is 7.37. The molecule has 0 radical (unpaired) electrons. The molecule has 0 bridgehead atoms. The third-order valence-corrected chi connectivity index (χ3v) is 2.91. The number of fused-ring (bicyclic) bond motifs is 1. The van der Waals surface area contributed by atoms with Gasteiger partial charge in [0.25, 0.3) is 0 Å². The number of nitrogens with zero attached hydrogens (tertiary/aromatic N) is 1. The lowest BCUT2D eigenvalue weighted by molar-refractivity contribution is 1.35. The van der Waals surface area contributed by atoms with E-state index in [1.54, 1.807) is 0 Å². The zero-order valence-electron chi connectivity index (χ0n) is 5.75. The van der Waals surface area contributed by atoms with Gasteiger partial charge in [-0.25, -0.2) is 0 Å². The van der Waals surface area contributed by atoms with Gasteiger partial charge in [0.15, 0.2) is 0 Å². The largest absolute Gasteiger partial charge is 0.259 e. The van der Waals surface area contributed by atoms with Crippen LogP contribution in [0.4, 0.5) is 5.69 Å². The molecule has 1 nitrogen and oxygen atoms in total. The van der Waals surface area contributed by atoms with Crippen molar-refractivity contribution in [3.63, 3.8) is 0 Å². The number of benzene rings is 1. The second kappa shape index (κ2) is 2.99. The molecule has 11 heavy (non-hydrogen) atoms. The van der Waals surface area contributed by atoms with Gasteiger partial charge in [-0.3, -0.25) is 4.99 Å². The molecule has 2 rings (SSSR count). The van der Waals surface area contributed by atoms with Crippen molar-refractivity contribution < 1.29 is 0 Å². The molecule has 0 atom stereocenters. The van der Waals surface area contributed by atoms with Gasteiger partial charge in [-0.2, -0.15) is 0 Å². The van der Waals surface area contributed by atoms with Crippen molar-refractivity contribution in [2.45, 2.75) is 4.90 Å². The van der Waals surface area contributed by atoms with Crippen LogP contribution in [0.5, 0.6) is 0 Å². The minimum atomic E-state index is 0.990. The summed E-state index contributed by atoms with van der Waals surface area (Å²) < 4.78 is 1.13. The molecule has 0 saturated carbocycles. The Morgan fingerprint density at radius 3 is 3.27 bits per heavy atom. The van der Waals surface area contributed by atoms with E-state index in [-0.39, 0.29) is 0 Å². The van der Waals surface area contributed by atoms with E-state index in [1.165, 1.54) is 4.90 Å². The van der Waals surface area contributed by atoms with Crippen molar-refractivity contribution in [1.82, 2.24) is 0 Å². The molecule has 1 aliphatic rings. The molecule has 1 aromatic carbocycles. The number of thioether (sulfide) groups is 1. The summed E-state index contributed by atoms with van der Waals surface area (Å²) in [4.78, 5) is 5.53. The van der Waals surface area contributed by atoms with Crippen molar-refractivity contribution >= 4 is 39.6 Å². The number of hydrogen-bond donors (Lipinski definition) is 0. The Kier molecular flexibility index (Phi) is 2.00. The second-order valence-corrected chi connectivity index (χ2v) is 4.21. The predicted octanol–water partition coefficient (Wildman–Crippen LogP) is 3.26. The molecule has 0 aliphatic carbocycles. The van der Waals surface area contributed by atoms with Gasteiger partial charge in [0.1, 0.15) is 0 Å². The smallest absolute Gasteiger partial charge is 0.0762 e. The lowest BCUT2D eigenvalue weighted by Crippen LogP contribution is -1.87. The van der Waals surface area contributed by atoms with E-state index in [2.05, 4.69) is 27.0 Å². The average Bonchev–Trinajstić information content (AvgIpc) is 2.04. The van der Waals surface area contributed by atoms with Crippen molar-refractivity contribution in [3.05, 3.63) is 22.7 Å². The molecule has 0 unspecified atom stereocenters. The first-order valence-corrected chi connectivity index (χ1v) is 5.09. The zero-order valence-corrected chi connectivity index (χ0v) is 8.15. The molecule has 0 spiro atoms. The first-order valence-electron chi connectivity index (χ1n) is 3.31. The highest BCUT2D eigenvalue weighted by atomic mass is 79.9. The topological polar surface area (TPSA) is 12.4 Å². The number of halogens is 1. The van der Waals surface area contributed by atoms with Crippen LogP contribution in [-0.2, 0) is 0 Å². The van der Waals surface area contributed by atoms with E-state index in [0.29, 0.717) is 0 Å². The summed E-state index contributed by atoms with van der Waals surface area (Å²) in [5, 5.41) is 0. The fraction of sp³-hybridized carbons (Fsp3) is 0.125. The summed E-state index contributed by atoms with van der Waals surface area (Å²) in [7, 11) is 0. The molecule has 1 aliphatic heterocycles. The standard InChI is InChI=1S/C8H6BrNS/c9-6-1-2-7-8(5-6)11-4-3-10-7/h1-3,5H,4H2. The van der Waals surface area contributed by atoms with Crippen LogP contribution in [0.25, 0.3) is 0 Å². The van der Waals surface area contributed by atoms with Gasteiger partial charge in [0, 0.05) is 21.3 Å². The highest BCUT2D eigenvalue weighted by Gasteiger charge is 2.04. The van der Waals surface area contributed by atoms with Crippen LogP contribution in [0.15, 0.2) is 32.6 Å². The van der Waals surface area contributed by atoms with Crippen LogP contribution in [0, 0.1) is 0 Å². The highest BCUT2D eigenvalue weighted by molar-refractivity contribution is 9.10.